The molecule has 0 radical (unpaired) electrons. The Balaban J connectivity index is 1.66. The van der Waals surface area contributed by atoms with Crippen molar-refractivity contribution >= 4 is 34.4 Å². The van der Waals surface area contributed by atoms with Crippen molar-refractivity contribution in [1.82, 2.24) is 10.2 Å². The van der Waals surface area contributed by atoms with E-state index in [1.54, 1.807) is 6.07 Å². The quantitative estimate of drug-likeness (QED) is 0.640. The normalized spacial score (nSPS) is 19.0. The van der Waals surface area contributed by atoms with Crippen LogP contribution in [0.3, 0.4) is 0 Å². The van der Waals surface area contributed by atoms with Gasteiger partial charge in [-0.3, -0.25) is 9.59 Å². The third kappa shape index (κ3) is 4.42. The summed E-state index contributed by atoms with van der Waals surface area (Å²) in [6, 6.07) is 11.6. The Morgan fingerprint density at radius 1 is 1.14 bits per heavy atom. The Morgan fingerprint density at radius 2 is 1.89 bits per heavy atom. The number of urea groups is 1. The number of fused-ring (bicyclic) bond motifs is 1. The summed E-state index contributed by atoms with van der Waals surface area (Å²) >= 11 is 0. The van der Waals surface area contributed by atoms with E-state index in [0.29, 0.717) is 12.2 Å². The number of likely N-dealkylation sites (tertiary alicyclic amines) is 1. The molecule has 1 fully saturated rings. The summed E-state index contributed by atoms with van der Waals surface area (Å²) < 4.78 is 0. The lowest BCUT2D eigenvalue weighted by Crippen LogP contribution is -2.47. The zero-order valence-electron chi connectivity index (χ0n) is 15.9. The first kappa shape index (κ1) is 19.7. The minimum absolute atomic E-state index is 0.124. The fraction of sp³-hybridized carbons (Fsp3) is 0.381. The van der Waals surface area contributed by atoms with Crippen LogP contribution in [0.25, 0.3) is 10.8 Å². The monoisotopic (exact) mass is 383 g/mol. The second kappa shape index (κ2) is 8.73. The van der Waals surface area contributed by atoms with Crippen LogP contribution in [0.15, 0.2) is 42.5 Å². The second-order valence-electron chi connectivity index (χ2n) is 7.07. The average Bonchev–Trinajstić information content (AvgIpc) is 2.98. The molecule has 2 atom stereocenters. The first-order valence-electron chi connectivity index (χ1n) is 9.57. The lowest BCUT2D eigenvalue weighted by atomic mass is 10.0. The average molecular weight is 383 g/mol. The van der Waals surface area contributed by atoms with E-state index in [1.165, 1.54) is 4.90 Å². The Bertz CT molecular complexity index is 883. The third-order valence-corrected chi connectivity index (χ3v) is 5.04. The molecule has 7 nitrogen and oxygen atoms in total. The maximum Gasteiger partial charge on any atom is 0.319 e. The van der Waals surface area contributed by atoms with E-state index >= 15 is 0 Å². The van der Waals surface area contributed by atoms with Crippen molar-refractivity contribution in [3.8, 4) is 0 Å². The molecule has 28 heavy (non-hydrogen) atoms. The van der Waals surface area contributed by atoms with E-state index in [-0.39, 0.29) is 12.5 Å². The van der Waals surface area contributed by atoms with Crippen LogP contribution < -0.4 is 10.6 Å². The van der Waals surface area contributed by atoms with Crippen LogP contribution in [0.5, 0.6) is 0 Å². The number of carbonyl (C=O) groups is 3. The highest BCUT2D eigenvalue weighted by molar-refractivity contribution is 5.98. The van der Waals surface area contributed by atoms with Gasteiger partial charge in [0.05, 0.1) is 0 Å². The molecule has 148 valence electrons. The van der Waals surface area contributed by atoms with Crippen LogP contribution in [0.4, 0.5) is 10.5 Å². The minimum atomic E-state index is -1.08. The van der Waals surface area contributed by atoms with E-state index in [4.69, 9.17) is 0 Å². The number of carboxylic acids is 1. The first-order chi connectivity index (χ1) is 13.5. The van der Waals surface area contributed by atoms with Gasteiger partial charge in [0.1, 0.15) is 12.0 Å². The van der Waals surface area contributed by atoms with Crippen molar-refractivity contribution in [2.45, 2.75) is 32.2 Å². The lowest BCUT2D eigenvalue weighted by Gasteiger charge is -2.17. The zero-order valence-corrected chi connectivity index (χ0v) is 15.9. The van der Waals surface area contributed by atoms with Gasteiger partial charge in [-0.05, 0) is 29.3 Å². The molecule has 1 heterocycles. The molecular weight excluding hydrogens is 358 g/mol. The van der Waals surface area contributed by atoms with Gasteiger partial charge >= 0.3 is 12.0 Å². The maximum absolute atomic E-state index is 12.6. The Labute approximate surface area is 163 Å². The number of benzene rings is 2. The fourth-order valence-electron chi connectivity index (χ4n) is 3.51. The molecule has 3 N–H and O–H groups in total. The van der Waals surface area contributed by atoms with Gasteiger partial charge < -0.3 is 20.6 Å². The van der Waals surface area contributed by atoms with Crippen molar-refractivity contribution in [2.75, 3.05) is 18.4 Å². The summed E-state index contributed by atoms with van der Waals surface area (Å²) in [5.41, 5.74) is 0.577. The first-order valence-corrected chi connectivity index (χ1v) is 9.57. The molecule has 1 aliphatic heterocycles. The van der Waals surface area contributed by atoms with E-state index in [0.717, 1.165) is 30.0 Å². The standard InChI is InChI=1S/C21H25N3O4/c1-2-3-6-11-24-13-17(20(26)27)18(19(24)25)23-21(28)22-16-10-9-14-7-4-5-8-15(14)12-16/h4-5,7-10,12,17-18H,2-3,6,11,13H2,1H3,(H,26,27)(H2,22,23,28)/t17-,18-/m1/s1. The minimum Gasteiger partial charge on any atom is -0.481 e. The highest BCUT2D eigenvalue weighted by atomic mass is 16.4. The molecule has 0 aromatic heterocycles. The molecule has 7 heteroatoms. The third-order valence-electron chi connectivity index (χ3n) is 5.04. The van der Waals surface area contributed by atoms with Gasteiger partial charge in [-0.25, -0.2) is 4.79 Å². The van der Waals surface area contributed by atoms with Crippen LogP contribution in [0.2, 0.25) is 0 Å². The molecule has 0 bridgehead atoms. The number of nitrogens with one attached hydrogen (secondary N) is 2. The van der Waals surface area contributed by atoms with E-state index < -0.39 is 24.0 Å². The van der Waals surface area contributed by atoms with Crippen LogP contribution >= 0.6 is 0 Å². The summed E-state index contributed by atoms with van der Waals surface area (Å²) in [7, 11) is 0. The van der Waals surface area contributed by atoms with Crippen molar-refractivity contribution in [3.05, 3.63) is 42.5 Å². The molecular formula is C21H25N3O4. The number of aliphatic carboxylic acids is 1. The summed E-state index contributed by atoms with van der Waals surface area (Å²) in [4.78, 5) is 38.1. The number of hydrogen-bond acceptors (Lipinski definition) is 3. The molecule has 2 aromatic carbocycles. The van der Waals surface area contributed by atoms with Crippen LogP contribution in [0, 0.1) is 5.92 Å². The summed E-state index contributed by atoms with van der Waals surface area (Å²) in [5, 5.41) is 16.7. The highest BCUT2D eigenvalue weighted by Gasteiger charge is 2.45. The molecule has 3 amide bonds. The number of nitrogens with zero attached hydrogens (tertiary/aromatic N) is 1. The zero-order chi connectivity index (χ0) is 20.1. The lowest BCUT2D eigenvalue weighted by molar-refractivity contribution is -0.142. The summed E-state index contributed by atoms with van der Waals surface area (Å²) in [6.45, 7) is 2.70. The predicted octanol–water partition coefficient (Wildman–Crippen LogP) is 3.06. The Kier molecular flexibility index (Phi) is 6.13. The number of anilines is 1. The predicted molar refractivity (Wildman–Crippen MR) is 107 cm³/mol. The van der Waals surface area contributed by atoms with Crippen LogP contribution in [-0.2, 0) is 9.59 Å². The van der Waals surface area contributed by atoms with Gasteiger partial charge in [0.2, 0.25) is 5.91 Å². The van der Waals surface area contributed by atoms with Crippen molar-refractivity contribution in [2.24, 2.45) is 5.92 Å². The van der Waals surface area contributed by atoms with Gasteiger partial charge in [0.15, 0.2) is 0 Å². The van der Waals surface area contributed by atoms with Gasteiger partial charge in [-0.1, -0.05) is 50.1 Å². The van der Waals surface area contributed by atoms with E-state index in [9.17, 15) is 19.5 Å². The fourth-order valence-corrected chi connectivity index (χ4v) is 3.51. The summed E-state index contributed by atoms with van der Waals surface area (Å²) in [6.07, 6.45) is 2.81. The molecule has 1 aliphatic rings. The number of unbranched alkanes of at least 4 members (excludes halogenated alkanes) is 2. The van der Waals surface area contributed by atoms with Crippen LogP contribution in [0.1, 0.15) is 26.2 Å². The van der Waals surface area contributed by atoms with Gasteiger partial charge in [-0.2, -0.15) is 0 Å². The van der Waals surface area contributed by atoms with Crippen LogP contribution in [-0.4, -0.2) is 47.0 Å². The number of carbonyl (C=O) groups excluding carboxylic acids is 2. The summed E-state index contributed by atoms with van der Waals surface area (Å²) in [5.74, 6) is -2.36. The maximum atomic E-state index is 12.6. The van der Waals surface area contributed by atoms with Gasteiger partial charge in [0, 0.05) is 18.8 Å². The largest absolute Gasteiger partial charge is 0.481 e. The molecule has 0 spiro atoms. The van der Waals surface area contributed by atoms with Crippen molar-refractivity contribution in [3.63, 3.8) is 0 Å². The molecule has 0 unspecified atom stereocenters. The number of amides is 3. The Hall–Kier alpha value is -3.09. The highest BCUT2D eigenvalue weighted by Crippen LogP contribution is 2.21. The number of rotatable bonds is 7. The smallest absolute Gasteiger partial charge is 0.319 e. The SMILES string of the molecule is CCCCCN1C[C@@H](C(=O)O)[C@@H](NC(=O)Nc2ccc3ccccc3c2)C1=O. The number of carboxylic acid groups (broad SMARTS) is 1. The second-order valence-corrected chi connectivity index (χ2v) is 7.07. The number of hydrogen-bond donors (Lipinski definition) is 3. The van der Waals surface area contributed by atoms with Gasteiger partial charge in [0.25, 0.3) is 0 Å². The Morgan fingerprint density at radius 3 is 2.61 bits per heavy atom. The molecule has 1 saturated heterocycles. The topological polar surface area (TPSA) is 98.7 Å². The molecule has 3 rings (SSSR count). The van der Waals surface area contributed by atoms with E-state index in [1.807, 2.05) is 36.4 Å². The molecule has 0 aliphatic carbocycles. The molecule has 2 aromatic rings. The van der Waals surface area contributed by atoms with Crippen molar-refractivity contribution < 1.29 is 19.5 Å². The molecule has 0 saturated carbocycles. The van der Waals surface area contributed by atoms with E-state index in [2.05, 4.69) is 17.6 Å². The van der Waals surface area contributed by atoms with Crippen molar-refractivity contribution in [1.29, 1.82) is 0 Å². The van der Waals surface area contributed by atoms with Gasteiger partial charge in [-0.15, -0.1) is 0 Å².